The summed E-state index contributed by atoms with van der Waals surface area (Å²) in [6.07, 6.45) is 98.2. The summed E-state index contributed by atoms with van der Waals surface area (Å²) in [5, 5.41) is 0. The van der Waals surface area contributed by atoms with Crippen molar-refractivity contribution >= 4 is 19.8 Å². The molecular weight excluding hydrogens is 1070 g/mol. The van der Waals surface area contributed by atoms with Crippen molar-refractivity contribution in [3.8, 4) is 0 Å². The molecule has 0 aliphatic carbocycles. The van der Waals surface area contributed by atoms with Crippen LogP contribution in [0.25, 0.3) is 0 Å². The number of carbonyl (C=O) groups is 2. The van der Waals surface area contributed by atoms with Crippen LogP contribution in [-0.4, -0.2) is 49.3 Å². The number of nitrogens with two attached hydrogens (primary N) is 1. The molecule has 0 aliphatic rings. The molecule has 0 radical (unpaired) electrons. The van der Waals surface area contributed by atoms with Crippen molar-refractivity contribution in [2.24, 2.45) is 5.73 Å². The van der Waals surface area contributed by atoms with E-state index in [1.54, 1.807) is 0 Å². The van der Waals surface area contributed by atoms with Gasteiger partial charge in [0, 0.05) is 19.4 Å². The molecule has 0 aliphatic heterocycles. The molecule has 0 rings (SSSR count). The van der Waals surface area contributed by atoms with E-state index in [0.717, 1.165) is 109 Å². The summed E-state index contributed by atoms with van der Waals surface area (Å²) in [6, 6.07) is 0. The molecule has 9 nitrogen and oxygen atoms in total. The maximum absolute atomic E-state index is 12.8. The Morgan fingerprint density at radius 1 is 0.365 bits per heavy atom. The standard InChI is InChI=1S/C75H128NO8P/c1-3-5-7-9-11-13-15-17-19-21-23-25-27-29-31-33-34-35-36-37-38-40-42-44-46-48-50-52-54-56-58-60-62-64-66-68-75(78)84-73(72-83-85(79,80)82-70-69-76)71-81-74(77)67-65-63-61-59-57-55-53-51-49-47-45-43-41-39-32-30-28-26-24-22-20-18-16-14-12-10-8-6-4-2/h5,7,11,13,16-19,22-25,29,31,34-35,37-38,42,44,48,50,73H,3-4,6,8-10,12,14-15,20-21,26-28,30,32-33,36,39-41,43,45-47,49,51-72,76H2,1-2H3,(H,79,80)/b7-5-,13-11-,18-16-,19-17-,24-22-,25-23-,31-29-,35-34-,38-37-,44-42-,50-48-. The first-order valence-electron chi connectivity index (χ1n) is 34.7. The van der Waals surface area contributed by atoms with E-state index in [9.17, 15) is 19.0 Å². The first kappa shape index (κ1) is 81.2. The maximum Gasteiger partial charge on any atom is 0.472 e. The largest absolute Gasteiger partial charge is 0.472 e. The van der Waals surface area contributed by atoms with Crippen molar-refractivity contribution in [2.75, 3.05) is 26.4 Å². The quantitative estimate of drug-likeness (QED) is 0.0264. The van der Waals surface area contributed by atoms with E-state index >= 15 is 0 Å². The van der Waals surface area contributed by atoms with Crippen LogP contribution in [0, 0.1) is 0 Å². The van der Waals surface area contributed by atoms with Gasteiger partial charge >= 0.3 is 19.8 Å². The van der Waals surface area contributed by atoms with Crippen molar-refractivity contribution in [3.63, 3.8) is 0 Å². The predicted molar refractivity (Wildman–Crippen MR) is 367 cm³/mol. The molecule has 3 N–H and O–H groups in total. The molecular formula is C75H128NO8P. The second kappa shape index (κ2) is 69.3. The molecule has 10 heteroatoms. The Morgan fingerprint density at radius 3 is 0.965 bits per heavy atom. The van der Waals surface area contributed by atoms with Gasteiger partial charge in [0.25, 0.3) is 0 Å². The Morgan fingerprint density at radius 2 is 0.647 bits per heavy atom. The van der Waals surface area contributed by atoms with E-state index in [0.29, 0.717) is 6.42 Å². The smallest absolute Gasteiger partial charge is 0.462 e. The molecule has 0 aromatic heterocycles. The van der Waals surface area contributed by atoms with E-state index in [1.165, 1.54) is 154 Å². The van der Waals surface area contributed by atoms with Gasteiger partial charge in [-0.3, -0.25) is 18.6 Å². The fraction of sp³-hybridized carbons (Fsp3) is 0.680. The summed E-state index contributed by atoms with van der Waals surface area (Å²) >= 11 is 0. The number of unbranched alkanes of at least 4 members (excludes halogenated alkanes) is 29. The highest BCUT2D eigenvalue weighted by molar-refractivity contribution is 7.47. The summed E-state index contributed by atoms with van der Waals surface area (Å²) in [5.74, 6) is -0.840. The normalized spacial score (nSPS) is 13.8. The topological polar surface area (TPSA) is 134 Å². The fourth-order valence-electron chi connectivity index (χ4n) is 9.43. The maximum atomic E-state index is 12.8. The lowest BCUT2D eigenvalue weighted by Gasteiger charge is -2.19. The number of hydrogen-bond donors (Lipinski definition) is 2. The highest BCUT2D eigenvalue weighted by atomic mass is 31.2. The average molecular weight is 1200 g/mol. The van der Waals surface area contributed by atoms with Crippen LogP contribution in [0.2, 0.25) is 0 Å². The second-order valence-electron chi connectivity index (χ2n) is 22.7. The fourth-order valence-corrected chi connectivity index (χ4v) is 10.2. The lowest BCUT2D eigenvalue weighted by Crippen LogP contribution is -2.29. The van der Waals surface area contributed by atoms with Gasteiger partial charge in [0.1, 0.15) is 6.61 Å². The van der Waals surface area contributed by atoms with E-state index in [4.69, 9.17) is 24.3 Å². The molecule has 2 atom stereocenters. The summed E-state index contributed by atoms with van der Waals surface area (Å²) in [6.45, 7) is 3.62. The van der Waals surface area contributed by atoms with Crippen molar-refractivity contribution in [3.05, 3.63) is 134 Å². The Balaban J connectivity index is 3.96. The number of phosphoric ester groups is 1. The van der Waals surface area contributed by atoms with E-state index in [-0.39, 0.29) is 38.6 Å². The number of phosphoric acid groups is 1. The second-order valence-corrected chi connectivity index (χ2v) is 24.1. The Hall–Kier alpha value is -3.85. The van der Waals surface area contributed by atoms with Crippen molar-refractivity contribution < 1.29 is 37.6 Å². The molecule has 0 fully saturated rings. The zero-order valence-electron chi connectivity index (χ0n) is 54.5. The predicted octanol–water partition coefficient (Wildman–Crippen LogP) is 22.9. The SMILES string of the molecule is CC/C=C\C/C=C\C/C=C\C/C=C\C/C=C\C/C=C\C/C=C\C/C=C\C/C=C\CCCCCCCCCC(=O)OC(COC(=O)CCCCCCCCCCCCCCCCCCC/C=C\C/C=C\CCCCCCC)COP(=O)(O)OCCN. The van der Waals surface area contributed by atoms with Crippen molar-refractivity contribution in [1.29, 1.82) is 0 Å². The molecule has 85 heavy (non-hydrogen) atoms. The molecule has 0 saturated heterocycles. The monoisotopic (exact) mass is 1200 g/mol. The molecule has 0 bridgehead atoms. The van der Waals surface area contributed by atoms with Crippen LogP contribution in [0.4, 0.5) is 0 Å². The first-order valence-corrected chi connectivity index (χ1v) is 36.2. The average Bonchev–Trinajstić information content (AvgIpc) is 3.52. The van der Waals surface area contributed by atoms with E-state index in [2.05, 4.69) is 148 Å². The third-order valence-electron chi connectivity index (χ3n) is 14.5. The number of ether oxygens (including phenoxy) is 2. The minimum Gasteiger partial charge on any atom is -0.462 e. The van der Waals surface area contributed by atoms with Crippen LogP contribution >= 0.6 is 7.82 Å². The molecule has 0 amide bonds. The summed E-state index contributed by atoms with van der Waals surface area (Å²) in [5.41, 5.74) is 5.40. The van der Waals surface area contributed by atoms with Crippen molar-refractivity contribution in [2.45, 2.75) is 302 Å². The minimum absolute atomic E-state index is 0.0459. The third-order valence-corrected chi connectivity index (χ3v) is 15.5. The molecule has 0 saturated carbocycles. The van der Waals surface area contributed by atoms with Gasteiger partial charge in [-0.05, 0) is 116 Å². The van der Waals surface area contributed by atoms with Gasteiger partial charge < -0.3 is 20.1 Å². The summed E-state index contributed by atoms with van der Waals surface area (Å²) < 4.78 is 33.2. The van der Waals surface area contributed by atoms with Gasteiger partial charge in [-0.25, -0.2) is 4.57 Å². The summed E-state index contributed by atoms with van der Waals surface area (Å²) in [4.78, 5) is 35.4. The van der Waals surface area contributed by atoms with Crippen LogP contribution in [0.15, 0.2) is 134 Å². The zero-order chi connectivity index (χ0) is 61.6. The van der Waals surface area contributed by atoms with Crippen LogP contribution < -0.4 is 5.73 Å². The zero-order valence-corrected chi connectivity index (χ0v) is 55.4. The number of allylic oxidation sites excluding steroid dienone is 22. The third kappa shape index (κ3) is 69.1. The molecule has 0 heterocycles. The number of hydrogen-bond acceptors (Lipinski definition) is 8. The van der Waals surface area contributed by atoms with Gasteiger partial charge in [0.15, 0.2) is 6.10 Å². The number of carbonyl (C=O) groups excluding carboxylic acids is 2. The van der Waals surface area contributed by atoms with Gasteiger partial charge in [-0.15, -0.1) is 0 Å². The van der Waals surface area contributed by atoms with E-state index < -0.39 is 26.5 Å². The molecule has 0 aromatic carbocycles. The Bertz CT molecular complexity index is 1860. The Kier molecular flexibility index (Phi) is 66.1. The van der Waals surface area contributed by atoms with E-state index in [1.807, 2.05) is 0 Å². The van der Waals surface area contributed by atoms with Crippen LogP contribution in [0.5, 0.6) is 0 Å². The molecule has 0 spiro atoms. The lowest BCUT2D eigenvalue weighted by molar-refractivity contribution is -0.161. The van der Waals surface area contributed by atoms with Crippen LogP contribution in [-0.2, 0) is 32.7 Å². The van der Waals surface area contributed by atoms with Gasteiger partial charge in [-0.1, -0.05) is 302 Å². The van der Waals surface area contributed by atoms with Gasteiger partial charge in [-0.2, -0.15) is 0 Å². The number of esters is 2. The van der Waals surface area contributed by atoms with Gasteiger partial charge in [0.05, 0.1) is 13.2 Å². The highest BCUT2D eigenvalue weighted by Gasteiger charge is 2.26. The Labute approximate surface area is 523 Å². The highest BCUT2D eigenvalue weighted by Crippen LogP contribution is 2.43. The molecule has 0 aromatic rings. The number of rotatable bonds is 64. The first-order chi connectivity index (χ1) is 41.8. The van der Waals surface area contributed by atoms with Gasteiger partial charge in [0.2, 0.25) is 0 Å². The van der Waals surface area contributed by atoms with Crippen LogP contribution in [0.3, 0.4) is 0 Å². The molecule has 2 unspecified atom stereocenters. The summed E-state index contributed by atoms with van der Waals surface area (Å²) in [7, 11) is -4.40. The lowest BCUT2D eigenvalue weighted by atomic mass is 10.0. The molecule has 486 valence electrons. The minimum atomic E-state index is -4.40. The van der Waals surface area contributed by atoms with Crippen LogP contribution in [0.1, 0.15) is 296 Å². The van der Waals surface area contributed by atoms with Crippen molar-refractivity contribution in [1.82, 2.24) is 0 Å².